The van der Waals surface area contributed by atoms with Crippen molar-refractivity contribution < 1.29 is 42.9 Å². The van der Waals surface area contributed by atoms with Gasteiger partial charge in [-0.25, -0.2) is 0 Å². The van der Waals surface area contributed by atoms with Crippen LogP contribution in [0.2, 0.25) is 0 Å². The van der Waals surface area contributed by atoms with Gasteiger partial charge in [-0.1, -0.05) is 147 Å². The number of rotatable bonds is 38. The molecule has 2 unspecified atom stereocenters. The Hall–Kier alpha value is -2.49. The number of carboxylic acid groups (broad SMARTS) is 1. The maximum absolute atomic E-state index is 12.7. The number of carboxylic acids is 1. The van der Waals surface area contributed by atoms with E-state index in [9.17, 15) is 19.5 Å². The van der Waals surface area contributed by atoms with Crippen molar-refractivity contribution in [3.63, 3.8) is 0 Å². The van der Waals surface area contributed by atoms with Crippen LogP contribution in [0.5, 0.6) is 0 Å². The topological polar surface area (TPSA) is 111 Å². The molecule has 0 fully saturated rings. The molecule has 0 aliphatic carbocycles. The highest BCUT2D eigenvalue weighted by molar-refractivity contribution is 5.70. The molecule has 0 saturated heterocycles. The van der Waals surface area contributed by atoms with Crippen molar-refractivity contribution in [1.82, 2.24) is 0 Å². The second-order valence-electron chi connectivity index (χ2n) is 15.3. The van der Waals surface area contributed by atoms with Crippen molar-refractivity contribution in [2.45, 2.75) is 180 Å². The fourth-order valence-corrected chi connectivity index (χ4v) is 5.61. The van der Waals surface area contributed by atoms with E-state index in [0.29, 0.717) is 23.9 Å². The number of esters is 2. The van der Waals surface area contributed by atoms with Gasteiger partial charge in [0.2, 0.25) is 0 Å². The van der Waals surface area contributed by atoms with Crippen molar-refractivity contribution in [3.05, 3.63) is 36.5 Å². The number of nitrogens with zero attached hydrogens (tertiary/aromatic N) is 1. The number of quaternary nitrogens is 1. The standard InChI is InChI=1S/C44H79NO8/c1-6-8-10-12-14-16-18-19-20-21-22-23-25-27-29-31-33-35-42(47)53-40(39-52-44(43(48)49)50-37-36-45(3,4)5)38-51-41(46)34-32-30-28-26-24-17-15-13-11-9-7-2/h8,10,14,16,19-20,40,44H,6-7,9,11-13,15,17-18,21-39H2,1-5H3/b10-8-,16-14-,20-19-. The number of hydrogen-bond acceptors (Lipinski definition) is 8. The van der Waals surface area contributed by atoms with Crippen LogP contribution in [0.25, 0.3) is 0 Å². The lowest BCUT2D eigenvalue weighted by Gasteiger charge is -2.26. The third kappa shape index (κ3) is 37.6. The Labute approximate surface area is 324 Å². The van der Waals surface area contributed by atoms with Crippen molar-refractivity contribution in [2.75, 3.05) is 47.5 Å². The molecular formula is C44H79NO8. The minimum atomic E-state index is -1.62. The normalized spacial score (nSPS) is 13.3. The number of allylic oxidation sites excluding steroid dienone is 6. The zero-order valence-corrected chi connectivity index (χ0v) is 34.6. The molecule has 0 radical (unpaired) electrons. The Morgan fingerprint density at radius 3 is 1.60 bits per heavy atom. The summed E-state index contributed by atoms with van der Waals surface area (Å²) >= 11 is 0. The van der Waals surface area contributed by atoms with Crippen LogP contribution in [0.1, 0.15) is 168 Å². The molecular weight excluding hydrogens is 670 g/mol. The first-order valence-electron chi connectivity index (χ1n) is 21.1. The molecule has 0 N–H and O–H groups in total. The van der Waals surface area contributed by atoms with E-state index in [1.165, 1.54) is 70.6 Å². The maximum Gasteiger partial charge on any atom is 0.306 e. The number of carbonyl (C=O) groups excluding carboxylic acids is 3. The van der Waals surface area contributed by atoms with E-state index in [-0.39, 0.29) is 32.2 Å². The molecule has 0 aromatic rings. The van der Waals surface area contributed by atoms with Gasteiger partial charge in [0.25, 0.3) is 0 Å². The maximum atomic E-state index is 12.7. The smallest absolute Gasteiger partial charge is 0.306 e. The summed E-state index contributed by atoms with van der Waals surface area (Å²) in [5.41, 5.74) is 0. The predicted molar refractivity (Wildman–Crippen MR) is 214 cm³/mol. The van der Waals surface area contributed by atoms with E-state index in [4.69, 9.17) is 18.9 Å². The highest BCUT2D eigenvalue weighted by Crippen LogP contribution is 2.14. The van der Waals surface area contributed by atoms with E-state index < -0.39 is 24.3 Å². The molecule has 0 aliphatic heterocycles. The van der Waals surface area contributed by atoms with Crippen molar-refractivity contribution in [3.8, 4) is 0 Å². The monoisotopic (exact) mass is 750 g/mol. The van der Waals surface area contributed by atoms with E-state index in [1.807, 2.05) is 21.1 Å². The quantitative estimate of drug-likeness (QED) is 0.0202. The van der Waals surface area contributed by atoms with Crippen LogP contribution in [0.15, 0.2) is 36.5 Å². The summed E-state index contributed by atoms with van der Waals surface area (Å²) in [5, 5.41) is 11.7. The lowest BCUT2D eigenvalue weighted by atomic mass is 10.1. The molecule has 0 aliphatic rings. The fraction of sp³-hybridized carbons (Fsp3) is 0.795. The molecule has 308 valence electrons. The Balaban J connectivity index is 4.47. The average molecular weight is 750 g/mol. The molecule has 53 heavy (non-hydrogen) atoms. The lowest BCUT2D eigenvalue weighted by molar-refractivity contribution is -0.870. The third-order valence-corrected chi connectivity index (χ3v) is 8.90. The molecule has 2 atom stereocenters. The first-order chi connectivity index (χ1) is 25.6. The largest absolute Gasteiger partial charge is 0.545 e. The average Bonchev–Trinajstić information content (AvgIpc) is 3.11. The van der Waals surface area contributed by atoms with E-state index in [0.717, 1.165) is 64.2 Å². The number of unbranched alkanes of at least 4 members (excludes halogenated alkanes) is 17. The molecule has 0 amide bonds. The summed E-state index contributed by atoms with van der Waals surface area (Å²) in [6, 6.07) is 0. The Kier molecular flexibility index (Phi) is 34.8. The van der Waals surface area contributed by atoms with Gasteiger partial charge < -0.3 is 33.3 Å². The number of aliphatic carboxylic acids is 1. The van der Waals surface area contributed by atoms with Crippen LogP contribution in [0, 0.1) is 0 Å². The van der Waals surface area contributed by atoms with Gasteiger partial charge in [-0.3, -0.25) is 9.59 Å². The summed E-state index contributed by atoms with van der Waals surface area (Å²) in [7, 11) is 5.90. The molecule has 0 heterocycles. The molecule has 0 bridgehead atoms. The Morgan fingerprint density at radius 2 is 1.08 bits per heavy atom. The van der Waals surface area contributed by atoms with Crippen molar-refractivity contribution in [2.24, 2.45) is 0 Å². The van der Waals surface area contributed by atoms with Gasteiger partial charge in [-0.05, 0) is 44.9 Å². The van der Waals surface area contributed by atoms with Crippen LogP contribution in [-0.2, 0) is 33.3 Å². The summed E-state index contributed by atoms with van der Waals surface area (Å²) < 4.78 is 22.5. The number of likely N-dealkylation sites (N-methyl/N-ethyl adjacent to an activating group) is 1. The Bertz CT molecular complexity index is 971. The molecule has 9 nitrogen and oxygen atoms in total. The van der Waals surface area contributed by atoms with Gasteiger partial charge in [-0.15, -0.1) is 0 Å². The molecule has 0 aromatic heterocycles. The number of hydrogen-bond donors (Lipinski definition) is 0. The van der Waals surface area contributed by atoms with Gasteiger partial charge in [0, 0.05) is 12.8 Å². The van der Waals surface area contributed by atoms with Crippen LogP contribution in [0.4, 0.5) is 0 Å². The Morgan fingerprint density at radius 1 is 0.585 bits per heavy atom. The first kappa shape index (κ1) is 50.5. The molecule has 0 saturated carbocycles. The van der Waals surface area contributed by atoms with Crippen LogP contribution in [0.3, 0.4) is 0 Å². The van der Waals surface area contributed by atoms with Crippen molar-refractivity contribution >= 4 is 17.9 Å². The van der Waals surface area contributed by atoms with Crippen LogP contribution in [-0.4, -0.2) is 82.3 Å². The minimum Gasteiger partial charge on any atom is -0.545 e. The summed E-state index contributed by atoms with van der Waals surface area (Å²) in [4.78, 5) is 36.8. The summed E-state index contributed by atoms with van der Waals surface area (Å²) in [6.45, 7) is 4.60. The molecule has 0 rings (SSSR count). The first-order valence-corrected chi connectivity index (χ1v) is 21.1. The lowest BCUT2D eigenvalue weighted by Crippen LogP contribution is -2.44. The molecule has 9 heteroatoms. The van der Waals surface area contributed by atoms with Gasteiger partial charge in [0.05, 0.1) is 40.3 Å². The fourth-order valence-electron chi connectivity index (χ4n) is 5.61. The molecule has 0 aromatic carbocycles. The SMILES string of the molecule is CC/C=C\C/C=C\C/C=C\CCCCCCCCCC(=O)OC(COC(=O)CCCCCCCCCCCCC)COC(OCC[N+](C)(C)C)C(=O)[O-]. The second-order valence-corrected chi connectivity index (χ2v) is 15.3. The van der Waals surface area contributed by atoms with Crippen LogP contribution < -0.4 is 5.11 Å². The zero-order valence-electron chi connectivity index (χ0n) is 34.6. The van der Waals surface area contributed by atoms with E-state index in [2.05, 4.69) is 50.3 Å². The van der Waals surface area contributed by atoms with Crippen molar-refractivity contribution in [1.29, 1.82) is 0 Å². The van der Waals surface area contributed by atoms with Gasteiger partial charge in [0.1, 0.15) is 13.2 Å². The zero-order chi connectivity index (χ0) is 39.3. The van der Waals surface area contributed by atoms with Crippen LogP contribution >= 0.6 is 0 Å². The third-order valence-electron chi connectivity index (χ3n) is 8.90. The highest BCUT2D eigenvalue weighted by atomic mass is 16.7. The highest BCUT2D eigenvalue weighted by Gasteiger charge is 2.21. The van der Waals surface area contributed by atoms with E-state index in [1.54, 1.807) is 0 Å². The van der Waals surface area contributed by atoms with E-state index >= 15 is 0 Å². The second kappa shape index (κ2) is 36.5. The van der Waals surface area contributed by atoms with Gasteiger partial charge >= 0.3 is 11.9 Å². The summed E-state index contributed by atoms with van der Waals surface area (Å²) in [6.07, 6.45) is 36.0. The van der Waals surface area contributed by atoms with Gasteiger partial charge in [-0.2, -0.15) is 0 Å². The van der Waals surface area contributed by atoms with Gasteiger partial charge in [0.15, 0.2) is 12.4 Å². The number of carbonyl (C=O) groups is 3. The molecule has 0 spiro atoms. The summed E-state index contributed by atoms with van der Waals surface area (Å²) in [5.74, 6) is -2.30. The predicted octanol–water partition coefficient (Wildman–Crippen LogP) is 9.33. The minimum absolute atomic E-state index is 0.146. The number of ether oxygens (including phenoxy) is 4.